The number of nitrogens with one attached hydrogen (secondary N) is 3. The lowest BCUT2D eigenvalue weighted by atomic mass is 10.0. The van der Waals surface area contributed by atoms with E-state index >= 15 is 0 Å². The molecule has 4 unspecified atom stereocenters. The SMILES string of the molecule is NC(=O)CC(NC(=O)C(Cc1ccccc1)NC(=O)C(CCC(=O)O)NC(=O)C(N)CS)C(=O)O. The van der Waals surface area contributed by atoms with Crippen LogP contribution < -0.4 is 27.4 Å². The van der Waals surface area contributed by atoms with Gasteiger partial charge in [-0.15, -0.1) is 0 Å². The van der Waals surface area contributed by atoms with Crippen LogP contribution in [0, 0.1) is 0 Å². The van der Waals surface area contributed by atoms with Crippen molar-refractivity contribution in [1.29, 1.82) is 0 Å². The number of primary amides is 1. The van der Waals surface area contributed by atoms with Crippen LogP contribution in [-0.4, -0.2) is 75.7 Å². The van der Waals surface area contributed by atoms with Gasteiger partial charge in [0.2, 0.25) is 23.6 Å². The molecule has 1 aromatic carbocycles. The van der Waals surface area contributed by atoms with Crippen molar-refractivity contribution in [1.82, 2.24) is 16.0 Å². The first-order chi connectivity index (χ1) is 16.4. The van der Waals surface area contributed by atoms with Crippen LogP contribution in [0.3, 0.4) is 0 Å². The van der Waals surface area contributed by atoms with E-state index in [9.17, 15) is 33.9 Å². The maximum Gasteiger partial charge on any atom is 0.326 e. The van der Waals surface area contributed by atoms with Crippen LogP contribution >= 0.6 is 12.6 Å². The third-order valence-corrected chi connectivity index (χ3v) is 5.14. The largest absolute Gasteiger partial charge is 0.481 e. The van der Waals surface area contributed by atoms with Crippen LogP contribution in [-0.2, 0) is 35.2 Å². The molecule has 0 radical (unpaired) electrons. The van der Waals surface area contributed by atoms with E-state index in [-0.39, 0.29) is 18.6 Å². The molecule has 1 rings (SSSR count). The smallest absolute Gasteiger partial charge is 0.326 e. The van der Waals surface area contributed by atoms with Gasteiger partial charge in [0.05, 0.1) is 12.5 Å². The first-order valence-electron chi connectivity index (χ1n) is 10.5. The summed E-state index contributed by atoms with van der Waals surface area (Å²) in [6, 6.07) is 3.06. The Kier molecular flexibility index (Phi) is 12.2. The molecular formula is C21H29N5O8S. The van der Waals surface area contributed by atoms with Crippen LogP contribution in [0.2, 0.25) is 0 Å². The van der Waals surface area contributed by atoms with Gasteiger partial charge in [-0.25, -0.2) is 4.79 Å². The average molecular weight is 512 g/mol. The molecule has 14 heteroatoms. The van der Waals surface area contributed by atoms with E-state index in [1.165, 1.54) is 0 Å². The number of nitrogens with two attached hydrogens (primary N) is 2. The van der Waals surface area contributed by atoms with Crippen molar-refractivity contribution in [3.8, 4) is 0 Å². The Hall–Kier alpha value is -3.65. The molecule has 1 aromatic rings. The fourth-order valence-corrected chi connectivity index (χ4v) is 3.07. The minimum Gasteiger partial charge on any atom is -0.481 e. The Morgan fingerprint density at radius 3 is 1.91 bits per heavy atom. The number of aliphatic carboxylic acids is 2. The molecular weight excluding hydrogens is 482 g/mol. The topological polar surface area (TPSA) is 231 Å². The van der Waals surface area contributed by atoms with E-state index in [2.05, 4.69) is 28.6 Å². The van der Waals surface area contributed by atoms with Crippen molar-refractivity contribution in [2.45, 2.75) is 49.9 Å². The number of hydrogen-bond acceptors (Lipinski definition) is 8. The lowest BCUT2D eigenvalue weighted by Crippen LogP contribution is -2.58. The number of thiol groups is 1. The summed E-state index contributed by atoms with van der Waals surface area (Å²) in [4.78, 5) is 71.6. The summed E-state index contributed by atoms with van der Waals surface area (Å²) in [6.07, 6.45) is -1.52. The highest BCUT2D eigenvalue weighted by Gasteiger charge is 2.31. The van der Waals surface area contributed by atoms with E-state index in [1.807, 2.05) is 0 Å². The molecule has 0 aromatic heterocycles. The molecule has 9 N–H and O–H groups in total. The molecule has 0 aliphatic carbocycles. The zero-order chi connectivity index (χ0) is 26.5. The fourth-order valence-electron chi connectivity index (χ4n) is 2.90. The van der Waals surface area contributed by atoms with Gasteiger partial charge in [-0.3, -0.25) is 24.0 Å². The number of hydrogen-bond donors (Lipinski definition) is 8. The zero-order valence-electron chi connectivity index (χ0n) is 18.7. The third kappa shape index (κ3) is 10.9. The maximum atomic E-state index is 13.0. The molecule has 0 heterocycles. The quantitative estimate of drug-likeness (QED) is 0.119. The Bertz CT molecular complexity index is 930. The van der Waals surface area contributed by atoms with Gasteiger partial charge < -0.3 is 37.6 Å². The summed E-state index contributed by atoms with van der Waals surface area (Å²) in [6.45, 7) is 0. The van der Waals surface area contributed by atoms with E-state index in [4.69, 9.17) is 16.6 Å². The van der Waals surface area contributed by atoms with Crippen molar-refractivity contribution in [2.24, 2.45) is 11.5 Å². The molecule has 13 nitrogen and oxygen atoms in total. The first-order valence-corrected chi connectivity index (χ1v) is 11.1. The van der Waals surface area contributed by atoms with Crippen molar-refractivity contribution in [2.75, 3.05) is 5.75 Å². The number of carboxylic acid groups (broad SMARTS) is 2. The van der Waals surface area contributed by atoms with Gasteiger partial charge in [0.1, 0.15) is 18.1 Å². The molecule has 35 heavy (non-hydrogen) atoms. The van der Waals surface area contributed by atoms with Crippen molar-refractivity contribution in [3.63, 3.8) is 0 Å². The Balaban J connectivity index is 3.14. The van der Waals surface area contributed by atoms with Gasteiger partial charge in [-0.05, 0) is 12.0 Å². The highest BCUT2D eigenvalue weighted by Crippen LogP contribution is 2.07. The van der Waals surface area contributed by atoms with Gasteiger partial charge in [-0.2, -0.15) is 12.6 Å². The van der Waals surface area contributed by atoms with E-state index < -0.39 is 72.6 Å². The van der Waals surface area contributed by atoms with Crippen molar-refractivity contribution >= 4 is 48.2 Å². The van der Waals surface area contributed by atoms with E-state index in [1.54, 1.807) is 30.3 Å². The molecule has 0 saturated carbocycles. The molecule has 0 bridgehead atoms. The van der Waals surface area contributed by atoms with Crippen LogP contribution in [0.15, 0.2) is 30.3 Å². The summed E-state index contributed by atoms with van der Waals surface area (Å²) in [5.74, 6) is -6.27. The van der Waals surface area contributed by atoms with Gasteiger partial charge in [0.15, 0.2) is 0 Å². The van der Waals surface area contributed by atoms with Crippen LogP contribution in [0.5, 0.6) is 0 Å². The summed E-state index contributed by atoms with van der Waals surface area (Å²) in [5.41, 5.74) is 11.3. The van der Waals surface area contributed by atoms with Crippen LogP contribution in [0.25, 0.3) is 0 Å². The molecule has 192 valence electrons. The molecule has 4 amide bonds. The predicted octanol–water partition coefficient (Wildman–Crippen LogP) is -2.23. The summed E-state index contributed by atoms with van der Waals surface area (Å²) >= 11 is 3.91. The normalized spacial score (nSPS) is 14.0. The molecule has 0 aliphatic heterocycles. The lowest BCUT2D eigenvalue weighted by molar-refractivity contribution is -0.143. The first kappa shape index (κ1) is 29.4. The Morgan fingerprint density at radius 1 is 0.857 bits per heavy atom. The second kappa shape index (κ2) is 14.6. The molecule has 0 saturated heterocycles. The summed E-state index contributed by atoms with van der Waals surface area (Å²) < 4.78 is 0. The number of benzene rings is 1. The summed E-state index contributed by atoms with van der Waals surface area (Å²) in [7, 11) is 0. The molecule has 4 atom stereocenters. The predicted molar refractivity (Wildman–Crippen MR) is 126 cm³/mol. The molecule has 0 spiro atoms. The van der Waals surface area contributed by atoms with E-state index in [0.717, 1.165) is 0 Å². The fraction of sp³-hybridized carbons (Fsp3) is 0.429. The van der Waals surface area contributed by atoms with Crippen molar-refractivity contribution < 1.29 is 39.0 Å². The average Bonchev–Trinajstić information content (AvgIpc) is 2.80. The number of rotatable bonds is 15. The number of carbonyl (C=O) groups excluding carboxylic acids is 4. The van der Waals surface area contributed by atoms with Gasteiger partial charge in [0, 0.05) is 18.6 Å². The molecule has 0 aliphatic rings. The Morgan fingerprint density at radius 2 is 1.40 bits per heavy atom. The minimum absolute atomic E-state index is 0.0332. The highest BCUT2D eigenvalue weighted by molar-refractivity contribution is 7.80. The third-order valence-electron chi connectivity index (χ3n) is 4.75. The van der Waals surface area contributed by atoms with Crippen LogP contribution in [0.1, 0.15) is 24.8 Å². The van der Waals surface area contributed by atoms with Crippen molar-refractivity contribution in [3.05, 3.63) is 35.9 Å². The second-order valence-corrected chi connectivity index (χ2v) is 7.97. The standard InChI is InChI=1S/C21H29N5O8S/c22-12(10-35)18(30)24-13(6-7-17(28)29)19(31)25-14(8-11-4-2-1-3-5-11)20(32)26-15(21(33)34)9-16(23)27/h1-5,12-15,35H,6-10,22H2,(H2,23,27)(H,24,30)(H,25,31)(H,26,32)(H,28,29)(H,33,34). The lowest BCUT2D eigenvalue weighted by Gasteiger charge is -2.25. The zero-order valence-corrected chi connectivity index (χ0v) is 19.6. The van der Waals surface area contributed by atoms with Gasteiger partial charge in [0.25, 0.3) is 0 Å². The van der Waals surface area contributed by atoms with Gasteiger partial charge >= 0.3 is 11.9 Å². The monoisotopic (exact) mass is 511 g/mol. The second-order valence-electron chi connectivity index (χ2n) is 7.60. The maximum absolute atomic E-state index is 13.0. The number of amides is 4. The molecule has 0 fully saturated rings. The minimum atomic E-state index is -1.63. The van der Waals surface area contributed by atoms with E-state index in [0.29, 0.717) is 5.56 Å². The Labute approximate surface area is 206 Å². The highest BCUT2D eigenvalue weighted by atomic mass is 32.1. The number of carbonyl (C=O) groups is 6. The van der Waals surface area contributed by atoms with Crippen LogP contribution in [0.4, 0.5) is 0 Å². The summed E-state index contributed by atoms with van der Waals surface area (Å²) in [5, 5.41) is 25.2. The van der Waals surface area contributed by atoms with Gasteiger partial charge in [-0.1, -0.05) is 30.3 Å². The number of carboxylic acids is 2.